The summed E-state index contributed by atoms with van der Waals surface area (Å²) in [4.78, 5) is 25.4. The fraction of sp³-hybridized carbons (Fsp3) is 0.273. The monoisotopic (exact) mass is 364 g/mol. The van der Waals surface area contributed by atoms with E-state index in [4.69, 9.17) is 14.2 Å². The maximum absolute atomic E-state index is 12.9. The molecule has 4 rings (SSSR count). The minimum Gasteiger partial charge on any atom is -0.465 e. The zero-order chi connectivity index (χ0) is 18.8. The van der Waals surface area contributed by atoms with E-state index in [-0.39, 0.29) is 25.1 Å². The molecule has 2 aliphatic rings. The van der Waals surface area contributed by atoms with Gasteiger partial charge in [-0.15, -0.1) is 0 Å². The number of ketones is 1. The van der Waals surface area contributed by atoms with E-state index in [2.05, 4.69) is 0 Å². The number of carbonyl (C=O) groups is 2. The van der Waals surface area contributed by atoms with Gasteiger partial charge in [-0.25, -0.2) is 0 Å². The molecule has 0 bridgehead atoms. The van der Waals surface area contributed by atoms with Crippen molar-refractivity contribution < 1.29 is 23.8 Å². The second-order valence-electron chi connectivity index (χ2n) is 6.59. The normalized spacial score (nSPS) is 20.9. The van der Waals surface area contributed by atoms with Crippen LogP contribution < -0.4 is 9.47 Å². The Kier molecular flexibility index (Phi) is 4.67. The molecule has 0 spiro atoms. The number of hydrogen-bond acceptors (Lipinski definition) is 5. The molecule has 0 saturated heterocycles. The summed E-state index contributed by atoms with van der Waals surface area (Å²) >= 11 is 0. The molecule has 2 aromatic carbocycles. The molecular weight excluding hydrogens is 344 g/mol. The van der Waals surface area contributed by atoms with Crippen molar-refractivity contribution in [1.29, 1.82) is 0 Å². The lowest BCUT2D eigenvalue weighted by atomic mass is 9.73. The number of carbonyl (C=O) groups excluding carboxylic acids is 2. The highest BCUT2D eigenvalue weighted by Gasteiger charge is 2.39. The average molecular weight is 364 g/mol. The molecule has 5 nitrogen and oxygen atoms in total. The van der Waals surface area contributed by atoms with Crippen LogP contribution in [0, 0.1) is 5.92 Å². The highest BCUT2D eigenvalue weighted by Crippen LogP contribution is 2.42. The van der Waals surface area contributed by atoms with Crippen LogP contribution in [0.5, 0.6) is 11.5 Å². The molecule has 0 radical (unpaired) electrons. The predicted molar refractivity (Wildman–Crippen MR) is 99.5 cm³/mol. The van der Waals surface area contributed by atoms with Gasteiger partial charge in [0.2, 0.25) is 6.79 Å². The molecular formula is C22H20O5. The molecule has 2 atom stereocenters. The van der Waals surface area contributed by atoms with Gasteiger partial charge < -0.3 is 14.2 Å². The fourth-order valence-electron chi connectivity index (χ4n) is 3.69. The smallest absolute Gasteiger partial charge is 0.317 e. The third kappa shape index (κ3) is 3.33. The van der Waals surface area contributed by atoms with E-state index in [0.717, 1.165) is 16.7 Å². The van der Waals surface area contributed by atoms with Crippen molar-refractivity contribution in [1.82, 2.24) is 0 Å². The second kappa shape index (κ2) is 7.27. The minimum atomic E-state index is -0.815. The molecule has 0 amide bonds. The molecule has 27 heavy (non-hydrogen) atoms. The first-order valence-electron chi connectivity index (χ1n) is 9.03. The van der Waals surface area contributed by atoms with Crippen LogP contribution in [0.3, 0.4) is 0 Å². The summed E-state index contributed by atoms with van der Waals surface area (Å²) < 4.78 is 16.0. The zero-order valence-electron chi connectivity index (χ0n) is 15.0. The van der Waals surface area contributed by atoms with Gasteiger partial charge in [0.05, 0.1) is 6.61 Å². The van der Waals surface area contributed by atoms with Crippen molar-refractivity contribution in [3.8, 4) is 11.5 Å². The largest absolute Gasteiger partial charge is 0.465 e. The quantitative estimate of drug-likeness (QED) is 0.611. The molecule has 0 aromatic heterocycles. The Hall–Kier alpha value is -3.08. The van der Waals surface area contributed by atoms with Gasteiger partial charge in [-0.05, 0) is 48.3 Å². The van der Waals surface area contributed by atoms with Gasteiger partial charge in [-0.1, -0.05) is 36.4 Å². The Morgan fingerprint density at radius 1 is 1.11 bits per heavy atom. The van der Waals surface area contributed by atoms with Gasteiger partial charge in [0.1, 0.15) is 5.92 Å². The maximum Gasteiger partial charge on any atom is 0.317 e. The first-order valence-corrected chi connectivity index (χ1v) is 9.03. The van der Waals surface area contributed by atoms with Crippen LogP contribution in [0.1, 0.15) is 30.4 Å². The van der Waals surface area contributed by atoms with Crippen molar-refractivity contribution in [3.05, 3.63) is 65.7 Å². The van der Waals surface area contributed by atoms with E-state index in [1.165, 1.54) is 0 Å². The molecule has 1 heterocycles. The second-order valence-corrected chi connectivity index (χ2v) is 6.59. The first-order chi connectivity index (χ1) is 13.2. The SMILES string of the molecule is CCOC(=O)C1C(=O)C=C(c2ccc3c(c2)OCO3)CC1c1ccccc1. The van der Waals surface area contributed by atoms with E-state index in [9.17, 15) is 9.59 Å². The summed E-state index contributed by atoms with van der Waals surface area (Å²) in [6.07, 6.45) is 2.14. The lowest BCUT2D eigenvalue weighted by Crippen LogP contribution is -2.34. The van der Waals surface area contributed by atoms with Crippen LogP contribution in [0.4, 0.5) is 0 Å². The van der Waals surface area contributed by atoms with Crippen LogP contribution in [0.25, 0.3) is 5.57 Å². The van der Waals surface area contributed by atoms with E-state index in [0.29, 0.717) is 17.9 Å². The average Bonchev–Trinajstić information content (AvgIpc) is 3.16. The highest BCUT2D eigenvalue weighted by atomic mass is 16.7. The predicted octanol–water partition coefficient (Wildman–Crippen LogP) is 3.73. The molecule has 2 aromatic rings. The lowest BCUT2D eigenvalue weighted by molar-refractivity contribution is -0.151. The van der Waals surface area contributed by atoms with Gasteiger partial charge in [0, 0.05) is 5.92 Å². The van der Waals surface area contributed by atoms with E-state index >= 15 is 0 Å². The first kappa shape index (κ1) is 17.3. The molecule has 138 valence electrons. The molecule has 1 aliphatic heterocycles. The Bertz CT molecular complexity index is 900. The number of allylic oxidation sites excluding steroid dienone is 2. The van der Waals surface area contributed by atoms with Crippen molar-refractivity contribution in [2.24, 2.45) is 5.92 Å². The zero-order valence-corrected chi connectivity index (χ0v) is 15.0. The number of hydrogen-bond donors (Lipinski definition) is 0. The van der Waals surface area contributed by atoms with E-state index < -0.39 is 11.9 Å². The standard InChI is InChI=1S/C22H20O5/c1-2-25-22(24)21-17(14-6-4-3-5-7-14)10-16(11-18(21)23)15-8-9-19-20(12-15)27-13-26-19/h3-9,11-12,17,21H,2,10,13H2,1H3. The fourth-order valence-corrected chi connectivity index (χ4v) is 3.69. The van der Waals surface area contributed by atoms with Gasteiger partial charge in [0.15, 0.2) is 17.3 Å². The van der Waals surface area contributed by atoms with Crippen LogP contribution in [0.15, 0.2) is 54.6 Å². The molecule has 0 fully saturated rings. The van der Waals surface area contributed by atoms with Crippen LogP contribution in [-0.2, 0) is 14.3 Å². The van der Waals surface area contributed by atoms with Crippen molar-refractivity contribution in [2.45, 2.75) is 19.3 Å². The van der Waals surface area contributed by atoms with Gasteiger partial charge >= 0.3 is 5.97 Å². The molecule has 0 saturated carbocycles. The maximum atomic E-state index is 12.9. The summed E-state index contributed by atoms with van der Waals surface area (Å²) in [5, 5.41) is 0. The molecule has 1 aliphatic carbocycles. The Morgan fingerprint density at radius 2 is 1.89 bits per heavy atom. The minimum absolute atomic E-state index is 0.203. The van der Waals surface area contributed by atoms with Gasteiger partial charge in [0.25, 0.3) is 0 Å². The van der Waals surface area contributed by atoms with Gasteiger partial charge in [-0.3, -0.25) is 9.59 Å². The topological polar surface area (TPSA) is 61.8 Å². The lowest BCUT2D eigenvalue weighted by Gasteiger charge is -2.29. The third-order valence-corrected chi connectivity index (χ3v) is 4.98. The Morgan fingerprint density at radius 3 is 2.67 bits per heavy atom. The molecule has 5 heteroatoms. The number of ether oxygens (including phenoxy) is 3. The molecule has 2 unspecified atom stereocenters. The van der Waals surface area contributed by atoms with Crippen LogP contribution >= 0.6 is 0 Å². The third-order valence-electron chi connectivity index (χ3n) is 4.98. The Labute approximate surface area is 157 Å². The van der Waals surface area contributed by atoms with Crippen molar-refractivity contribution >= 4 is 17.3 Å². The summed E-state index contributed by atoms with van der Waals surface area (Å²) in [6, 6.07) is 15.3. The van der Waals surface area contributed by atoms with E-state index in [1.54, 1.807) is 13.0 Å². The number of benzene rings is 2. The van der Waals surface area contributed by atoms with Crippen LogP contribution in [-0.4, -0.2) is 25.2 Å². The van der Waals surface area contributed by atoms with E-state index in [1.807, 2.05) is 48.5 Å². The van der Waals surface area contributed by atoms with Gasteiger partial charge in [-0.2, -0.15) is 0 Å². The Balaban J connectivity index is 1.72. The van der Waals surface area contributed by atoms with Crippen molar-refractivity contribution in [3.63, 3.8) is 0 Å². The summed E-state index contributed by atoms with van der Waals surface area (Å²) in [5.41, 5.74) is 2.73. The highest BCUT2D eigenvalue weighted by molar-refractivity contribution is 6.10. The number of esters is 1. The summed E-state index contributed by atoms with van der Waals surface area (Å²) in [5.74, 6) is -0.387. The summed E-state index contributed by atoms with van der Waals surface area (Å²) in [6.45, 7) is 2.20. The van der Waals surface area contributed by atoms with Crippen LogP contribution in [0.2, 0.25) is 0 Å². The van der Waals surface area contributed by atoms with Crippen molar-refractivity contribution in [2.75, 3.05) is 13.4 Å². The number of rotatable bonds is 4. The summed E-state index contributed by atoms with van der Waals surface area (Å²) in [7, 11) is 0. The number of fused-ring (bicyclic) bond motifs is 1. The molecule has 0 N–H and O–H groups in total.